The van der Waals surface area contributed by atoms with Crippen LogP contribution in [-0.4, -0.2) is 25.5 Å². The number of halogens is 1. The van der Waals surface area contributed by atoms with Gasteiger partial charge in [-0.05, 0) is 38.3 Å². The summed E-state index contributed by atoms with van der Waals surface area (Å²) in [5, 5.41) is 3.20. The Labute approximate surface area is 66.2 Å². The average Bonchev–Trinajstić information content (AvgIpc) is 2.06. The van der Waals surface area contributed by atoms with Gasteiger partial charge in [-0.2, -0.15) is 0 Å². The number of alkyl halides is 1. The first-order valence-electron chi connectivity index (χ1n) is 4.13. The maximum Gasteiger partial charge on any atom is 0.155 e. The van der Waals surface area contributed by atoms with Crippen LogP contribution in [0.3, 0.4) is 0 Å². The molecule has 0 bridgehead atoms. The second kappa shape index (κ2) is 4.44. The minimum absolute atomic E-state index is 0.405. The standard InChI is InChI=1S/C8H14FNO/c9-8(6-11)5-7-1-3-10-4-2-7/h6-8,10H,1-5H2. The van der Waals surface area contributed by atoms with Gasteiger partial charge in [-0.1, -0.05) is 0 Å². The van der Waals surface area contributed by atoms with Gasteiger partial charge in [0, 0.05) is 0 Å². The highest BCUT2D eigenvalue weighted by Gasteiger charge is 2.17. The second-order valence-corrected chi connectivity index (χ2v) is 3.08. The predicted molar refractivity (Wildman–Crippen MR) is 41.2 cm³/mol. The molecule has 0 aromatic carbocycles. The molecule has 0 aromatic rings. The van der Waals surface area contributed by atoms with E-state index in [9.17, 15) is 9.18 Å². The number of rotatable bonds is 3. The van der Waals surface area contributed by atoms with E-state index in [2.05, 4.69) is 5.32 Å². The first-order chi connectivity index (χ1) is 5.33. The van der Waals surface area contributed by atoms with Crippen molar-refractivity contribution in [1.82, 2.24) is 5.32 Å². The summed E-state index contributed by atoms with van der Waals surface area (Å²) in [6.45, 7) is 1.94. The van der Waals surface area contributed by atoms with Crippen LogP contribution in [0.1, 0.15) is 19.3 Å². The molecule has 0 amide bonds. The van der Waals surface area contributed by atoms with Gasteiger partial charge in [0.05, 0.1) is 0 Å². The van der Waals surface area contributed by atoms with Crippen LogP contribution in [0, 0.1) is 5.92 Å². The van der Waals surface area contributed by atoms with E-state index in [-0.39, 0.29) is 0 Å². The average molecular weight is 159 g/mol. The van der Waals surface area contributed by atoms with Crippen LogP contribution in [0.2, 0.25) is 0 Å². The highest BCUT2D eigenvalue weighted by atomic mass is 19.1. The first kappa shape index (κ1) is 8.65. The van der Waals surface area contributed by atoms with Gasteiger partial charge in [-0.25, -0.2) is 4.39 Å². The number of nitrogens with one attached hydrogen (secondary N) is 1. The molecule has 1 N–H and O–H groups in total. The van der Waals surface area contributed by atoms with Crippen molar-refractivity contribution in [3.05, 3.63) is 0 Å². The Kier molecular flexibility index (Phi) is 3.49. The molecule has 2 nitrogen and oxygen atoms in total. The van der Waals surface area contributed by atoms with Crippen molar-refractivity contribution in [2.45, 2.75) is 25.4 Å². The molecule has 3 heteroatoms. The van der Waals surface area contributed by atoms with Crippen molar-refractivity contribution in [1.29, 1.82) is 0 Å². The van der Waals surface area contributed by atoms with E-state index < -0.39 is 6.17 Å². The molecule has 1 atom stereocenters. The molecule has 0 radical (unpaired) electrons. The summed E-state index contributed by atoms with van der Waals surface area (Å²) in [7, 11) is 0. The largest absolute Gasteiger partial charge is 0.317 e. The van der Waals surface area contributed by atoms with Crippen molar-refractivity contribution in [3.8, 4) is 0 Å². The summed E-state index contributed by atoms with van der Waals surface area (Å²) in [5.41, 5.74) is 0. The van der Waals surface area contributed by atoms with Gasteiger partial charge in [-0.15, -0.1) is 0 Å². The van der Waals surface area contributed by atoms with E-state index >= 15 is 0 Å². The van der Waals surface area contributed by atoms with Crippen molar-refractivity contribution in [2.24, 2.45) is 5.92 Å². The zero-order valence-corrected chi connectivity index (χ0v) is 6.55. The van der Waals surface area contributed by atoms with E-state index in [1.54, 1.807) is 0 Å². The Hall–Kier alpha value is -0.440. The molecule has 0 aliphatic carbocycles. The van der Waals surface area contributed by atoms with Crippen LogP contribution in [0.5, 0.6) is 0 Å². The van der Waals surface area contributed by atoms with E-state index in [4.69, 9.17) is 0 Å². The van der Waals surface area contributed by atoms with Crippen LogP contribution in [0.4, 0.5) is 4.39 Å². The monoisotopic (exact) mass is 159 g/mol. The molecule has 0 spiro atoms. The summed E-state index contributed by atoms with van der Waals surface area (Å²) >= 11 is 0. The molecular formula is C8H14FNO. The zero-order chi connectivity index (χ0) is 8.10. The van der Waals surface area contributed by atoms with Crippen LogP contribution in [0.25, 0.3) is 0 Å². The zero-order valence-electron chi connectivity index (χ0n) is 6.55. The molecule has 1 heterocycles. The first-order valence-corrected chi connectivity index (χ1v) is 4.13. The predicted octanol–water partition coefficient (Wildman–Crippen LogP) is 0.913. The lowest BCUT2D eigenvalue weighted by atomic mass is 9.93. The molecule has 1 fully saturated rings. The Morgan fingerprint density at radius 3 is 2.73 bits per heavy atom. The highest BCUT2D eigenvalue weighted by Crippen LogP contribution is 2.18. The molecule has 1 saturated heterocycles. The van der Waals surface area contributed by atoms with Crippen LogP contribution in [0.15, 0.2) is 0 Å². The maximum absolute atomic E-state index is 12.5. The quantitative estimate of drug-likeness (QED) is 0.620. The van der Waals surface area contributed by atoms with Gasteiger partial charge >= 0.3 is 0 Å². The molecule has 0 saturated carbocycles. The van der Waals surface area contributed by atoms with Crippen LogP contribution < -0.4 is 5.32 Å². The van der Waals surface area contributed by atoms with Gasteiger partial charge < -0.3 is 10.1 Å². The van der Waals surface area contributed by atoms with Crippen molar-refractivity contribution in [3.63, 3.8) is 0 Å². The van der Waals surface area contributed by atoms with Gasteiger partial charge in [0.15, 0.2) is 12.5 Å². The third kappa shape index (κ3) is 2.97. The summed E-state index contributed by atoms with van der Waals surface area (Å²) in [6.07, 6.45) is 1.61. The van der Waals surface area contributed by atoms with Crippen molar-refractivity contribution < 1.29 is 9.18 Å². The van der Waals surface area contributed by atoms with E-state index in [1.807, 2.05) is 0 Å². The molecule has 1 unspecified atom stereocenters. The summed E-state index contributed by atoms with van der Waals surface area (Å²) < 4.78 is 12.5. The third-order valence-corrected chi connectivity index (χ3v) is 2.16. The Balaban J connectivity index is 2.18. The number of carbonyl (C=O) groups excluding carboxylic acids is 1. The van der Waals surface area contributed by atoms with Crippen LogP contribution in [-0.2, 0) is 4.79 Å². The molecule has 1 aliphatic rings. The normalized spacial score (nSPS) is 23.0. The Bertz CT molecular complexity index is 123. The summed E-state index contributed by atoms with van der Waals surface area (Å²) in [5.74, 6) is 0.413. The lowest BCUT2D eigenvalue weighted by molar-refractivity contribution is -0.112. The van der Waals surface area contributed by atoms with Gasteiger partial charge in [0.2, 0.25) is 0 Å². The van der Waals surface area contributed by atoms with Crippen molar-refractivity contribution >= 4 is 6.29 Å². The number of piperidine rings is 1. The van der Waals surface area contributed by atoms with E-state index in [0.29, 0.717) is 18.6 Å². The Morgan fingerprint density at radius 2 is 2.18 bits per heavy atom. The van der Waals surface area contributed by atoms with E-state index in [1.165, 1.54) is 0 Å². The summed E-state index contributed by atoms with van der Waals surface area (Å²) in [6, 6.07) is 0. The number of hydrogen-bond donors (Lipinski definition) is 1. The molecule has 11 heavy (non-hydrogen) atoms. The van der Waals surface area contributed by atoms with E-state index in [0.717, 1.165) is 25.9 Å². The third-order valence-electron chi connectivity index (χ3n) is 2.16. The molecular weight excluding hydrogens is 145 g/mol. The van der Waals surface area contributed by atoms with Crippen LogP contribution >= 0.6 is 0 Å². The minimum Gasteiger partial charge on any atom is -0.317 e. The number of hydrogen-bond acceptors (Lipinski definition) is 2. The fraction of sp³-hybridized carbons (Fsp3) is 0.875. The fourth-order valence-electron chi connectivity index (χ4n) is 1.49. The topological polar surface area (TPSA) is 29.1 Å². The minimum atomic E-state index is -1.24. The highest BCUT2D eigenvalue weighted by molar-refractivity contribution is 5.55. The Morgan fingerprint density at radius 1 is 1.55 bits per heavy atom. The molecule has 0 aromatic heterocycles. The van der Waals surface area contributed by atoms with Crippen molar-refractivity contribution in [2.75, 3.05) is 13.1 Å². The summed E-state index contributed by atoms with van der Waals surface area (Å²) in [4.78, 5) is 9.99. The molecule has 1 aliphatic heterocycles. The lowest BCUT2D eigenvalue weighted by Crippen LogP contribution is -2.29. The second-order valence-electron chi connectivity index (χ2n) is 3.08. The number of carbonyl (C=O) groups is 1. The van der Waals surface area contributed by atoms with Gasteiger partial charge in [-0.3, -0.25) is 0 Å². The number of aldehydes is 1. The smallest absolute Gasteiger partial charge is 0.155 e. The SMILES string of the molecule is O=CC(F)CC1CCNCC1. The fourth-order valence-corrected chi connectivity index (χ4v) is 1.49. The van der Waals surface area contributed by atoms with Gasteiger partial charge in [0.1, 0.15) is 0 Å². The van der Waals surface area contributed by atoms with Gasteiger partial charge in [0.25, 0.3) is 0 Å². The maximum atomic E-state index is 12.5. The lowest BCUT2D eigenvalue weighted by Gasteiger charge is -2.22. The molecule has 64 valence electrons. The molecule has 1 rings (SSSR count).